The van der Waals surface area contributed by atoms with Crippen LogP contribution in [-0.4, -0.2) is 44.8 Å². The molecule has 0 aliphatic heterocycles. The van der Waals surface area contributed by atoms with Crippen molar-refractivity contribution < 1.29 is 35.5 Å². The number of benzene rings is 1. The summed E-state index contributed by atoms with van der Waals surface area (Å²) in [6.45, 7) is 0. The Balaban J connectivity index is 2.06. The summed E-state index contributed by atoms with van der Waals surface area (Å²) in [6, 6.07) is 1.37. The third-order valence-corrected chi connectivity index (χ3v) is 8.35. The summed E-state index contributed by atoms with van der Waals surface area (Å²) in [5.74, 6) is -6.15. The van der Waals surface area contributed by atoms with Gasteiger partial charge in [-0.2, -0.15) is 0 Å². The maximum atomic E-state index is 14.6. The largest absolute Gasteiger partial charge is 0.477 e. The quantitative estimate of drug-likeness (QED) is 0.701. The molecule has 2 fully saturated rings. The lowest BCUT2D eigenvalue weighted by molar-refractivity contribution is 0.0686. The Morgan fingerprint density at radius 2 is 1.73 bits per heavy atom. The van der Waals surface area contributed by atoms with Gasteiger partial charge >= 0.3 is 5.97 Å². The Bertz CT molecular complexity index is 953. The molecule has 7 nitrogen and oxygen atoms in total. The van der Waals surface area contributed by atoms with Crippen molar-refractivity contribution in [1.82, 2.24) is 0 Å². The van der Waals surface area contributed by atoms with E-state index in [0.29, 0.717) is 23.2 Å². The van der Waals surface area contributed by atoms with Gasteiger partial charge < -0.3 is 5.11 Å². The molecule has 0 heterocycles. The number of nitrogens with zero attached hydrogens (tertiary/aromatic N) is 1. The van der Waals surface area contributed by atoms with E-state index < -0.39 is 59.8 Å². The highest BCUT2D eigenvalue weighted by molar-refractivity contribution is 7.96. The SMILES string of the molecule is O=C(O)c1c(F)ccc(N(CS(=O)(=O)CC2CC2)S(=O)(=O)C2CC2)c1F. The normalized spacial score (nSPS) is 17.9. The number of carboxylic acid groups (broad SMARTS) is 1. The van der Waals surface area contributed by atoms with Crippen molar-refractivity contribution in [2.45, 2.75) is 30.9 Å². The highest BCUT2D eigenvalue weighted by Gasteiger charge is 2.43. The zero-order valence-electron chi connectivity index (χ0n) is 13.6. The van der Waals surface area contributed by atoms with E-state index in [1.165, 1.54) is 0 Å². The maximum absolute atomic E-state index is 14.6. The molecular weight excluding hydrogens is 392 g/mol. The van der Waals surface area contributed by atoms with E-state index in [0.717, 1.165) is 18.9 Å². The van der Waals surface area contributed by atoms with Gasteiger partial charge in [-0.25, -0.2) is 30.4 Å². The van der Waals surface area contributed by atoms with Crippen molar-refractivity contribution in [3.05, 3.63) is 29.3 Å². The van der Waals surface area contributed by atoms with Gasteiger partial charge in [0.2, 0.25) is 10.0 Å². The molecule has 1 N–H and O–H groups in total. The van der Waals surface area contributed by atoms with Gasteiger partial charge in [-0.05, 0) is 43.7 Å². The first-order valence-electron chi connectivity index (χ1n) is 7.96. The number of rotatable bonds is 8. The smallest absolute Gasteiger partial charge is 0.341 e. The molecule has 0 saturated heterocycles. The number of carbonyl (C=O) groups is 1. The van der Waals surface area contributed by atoms with Crippen molar-refractivity contribution >= 4 is 31.5 Å². The summed E-state index contributed by atoms with van der Waals surface area (Å²) in [7, 11) is -8.08. The van der Waals surface area contributed by atoms with Gasteiger partial charge in [-0.15, -0.1) is 0 Å². The van der Waals surface area contributed by atoms with Crippen molar-refractivity contribution in [2.75, 3.05) is 15.9 Å². The summed E-state index contributed by atoms with van der Waals surface area (Å²) < 4.78 is 78.5. The van der Waals surface area contributed by atoms with E-state index >= 15 is 0 Å². The fraction of sp³-hybridized carbons (Fsp3) is 0.533. The number of carboxylic acids is 1. The van der Waals surface area contributed by atoms with Crippen LogP contribution in [0.25, 0.3) is 0 Å². The monoisotopic (exact) mass is 409 g/mol. The first kappa shape index (κ1) is 19.0. The molecule has 144 valence electrons. The maximum Gasteiger partial charge on any atom is 0.341 e. The fourth-order valence-corrected chi connectivity index (χ4v) is 6.86. The molecule has 11 heteroatoms. The van der Waals surface area contributed by atoms with E-state index in [2.05, 4.69) is 0 Å². The Morgan fingerprint density at radius 3 is 2.23 bits per heavy atom. The number of sulfone groups is 1. The molecule has 0 atom stereocenters. The van der Waals surface area contributed by atoms with Crippen LogP contribution in [0.4, 0.5) is 14.5 Å². The standard InChI is InChI=1S/C15H17F2NO6S2/c16-11-5-6-12(14(17)13(11)15(19)20)18(26(23,24)10-3-4-10)8-25(21,22)7-9-1-2-9/h5-6,9-10H,1-4,7-8H2,(H,19,20). The zero-order chi connectivity index (χ0) is 19.3. The van der Waals surface area contributed by atoms with Crippen LogP contribution in [0.15, 0.2) is 12.1 Å². The molecule has 0 bridgehead atoms. The van der Waals surface area contributed by atoms with Crippen LogP contribution in [0.2, 0.25) is 0 Å². The summed E-state index contributed by atoms with van der Waals surface area (Å²) in [5.41, 5.74) is -2.09. The van der Waals surface area contributed by atoms with Gasteiger partial charge in [-0.1, -0.05) is 0 Å². The lowest BCUT2D eigenvalue weighted by Gasteiger charge is -2.25. The molecule has 3 rings (SSSR count). The molecule has 2 saturated carbocycles. The lowest BCUT2D eigenvalue weighted by Crippen LogP contribution is -2.39. The second-order valence-corrected chi connectivity index (χ2v) is 10.9. The first-order chi connectivity index (χ1) is 12.0. The minimum absolute atomic E-state index is 0.0434. The zero-order valence-corrected chi connectivity index (χ0v) is 15.2. The van der Waals surface area contributed by atoms with Crippen molar-refractivity contribution in [3.8, 4) is 0 Å². The lowest BCUT2D eigenvalue weighted by atomic mass is 10.1. The van der Waals surface area contributed by atoms with Crippen LogP contribution in [-0.2, 0) is 19.9 Å². The van der Waals surface area contributed by atoms with Gasteiger partial charge in [0.05, 0.1) is 16.7 Å². The summed E-state index contributed by atoms with van der Waals surface area (Å²) >= 11 is 0. The average Bonchev–Trinajstić information content (AvgIpc) is 3.38. The fourth-order valence-electron chi connectivity index (χ4n) is 2.63. The van der Waals surface area contributed by atoms with Crippen LogP contribution >= 0.6 is 0 Å². The molecule has 1 aromatic carbocycles. The molecule has 1 aromatic rings. The molecule has 2 aliphatic carbocycles. The molecule has 0 radical (unpaired) electrons. The molecule has 0 amide bonds. The van der Waals surface area contributed by atoms with E-state index in [1.807, 2.05) is 0 Å². The van der Waals surface area contributed by atoms with Crippen molar-refractivity contribution in [1.29, 1.82) is 0 Å². The number of sulfonamides is 1. The average molecular weight is 409 g/mol. The number of hydrogen-bond donors (Lipinski definition) is 1. The first-order valence-corrected chi connectivity index (χ1v) is 11.3. The highest BCUT2D eigenvalue weighted by Crippen LogP contribution is 2.37. The minimum atomic E-state index is -4.21. The molecule has 0 aromatic heterocycles. The summed E-state index contributed by atoms with van der Waals surface area (Å²) in [5, 5.41) is 8.12. The Hall–Kier alpha value is -1.75. The van der Waals surface area contributed by atoms with Crippen molar-refractivity contribution in [3.63, 3.8) is 0 Å². The summed E-state index contributed by atoms with van der Waals surface area (Å²) in [4.78, 5) is 11.1. The van der Waals surface area contributed by atoms with Crippen molar-refractivity contribution in [2.24, 2.45) is 5.92 Å². The highest BCUT2D eigenvalue weighted by atomic mass is 32.2. The van der Waals surface area contributed by atoms with Crippen LogP contribution < -0.4 is 4.31 Å². The van der Waals surface area contributed by atoms with Crippen LogP contribution in [0.1, 0.15) is 36.0 Å². The Morgan fingerprint density at radius 1 is 1.12 bits per heavy atom. The van der Waals surface area contributed by atoms with E-state index in [9.17, 15) is 30.4 Å². The number of anilines is 1. The molecular formula is C15H17F2NO6S2. The van der Waals surface area contributed by atoms with Crippen LogP contribution in [0, 0.1) is 17.6 Å². The van der Waals surface area contributed by atoms with Gasteiger partial charge in [0.1, 0.15) is 17.3 Å². The van der Waals surface area contributed by atoms with Gasteiger partial charge in [-0.3, -0.25) is 4.31 Å². The predicted molar refractivity (Wildman–Crippen MR) is 89.1 cm³/mol. The Labute approximate surface area is 149 Å². The Kier molecular flexibility index (Phi) is 4.72. The molecule has 26 heavy (non-hydrogen) atoms. The minimum Gasteiger partial charge on any atom is -0.477 e. The second-order valence-electron chi connectivity index (χ2n) is 6.64. The predicted octanol–water partition coefficient (Wildman–Crippen LogP) is 1.74. The molecule has 0 unspecified atom stereocenters. The van der Waals surface area contributed by atoms with E-state index in [-0.39, 0.29) is 11.7 Å². The van der Waals surface area contributed by atoms with Crippen LogP contribution in [0.3, 0.4) is 0 Å². The van der Waals surface area contributed by atoms with Crippen LogP contribution in [0.5, 0.6) is 0 Å². The van der Waals surface area contributed by atoms with Gasteiger partial charge in [0.25, 0.3) is 0 Å². The summed E-state index contributed by atoms with van der Waals surface area (Å²) in [6.07, 6.45) is 2.05. The third kappa shape index (κ3) is 3.83. The number of aromatic carboxylic acids is 1. The van der Waals surface area contributed by atoms with Gasteiger partial charge in [0, 0.05) is 0 Å². The van der Waals surface area contributed by atoms with E-state index in [4.69, 9.17) is 5.11 Å². The molecule has 0 spiro atoms. The molecule has 2 aliphatic rings. The van der Waals surface area contributed by atoms with Gasteiger partial charge in [0.15, 0.2) is 15.7 Å². The third-order valence-electron chi connectivity index (χ3n) is 4.31. The number of halogens is 2. The van der Waals surface area contributed by atoms with E-state index in [1.54, 1.807) is 0 Å². The second kappa shape index (κ2) is 6.45. The number of hydrogen-bond acceptors (Lipinski definition) is 5. The topological polar surface area (TPSA) is 109 Å².